The van der Waals surface area contributed by atoms with Crippen molar-refractivity contribution in [1.82, 2.24) is 4.98 Å². The van der Waals surface area contributed by atoms with Crippen LogP contribution in [0.3, 0.4) is 0 Å². The van der Waals surface area contributed by atoms with E-state index < -0.39 is 0 Å². The Morgan fingerprint density at radius 3 is 2.66 bits per heavy atom. The van der Waals surface area contributed by atoms with E-state index in [1.165, 1.54) is 6.07 Å². The Balaban J connectivity index is 1.32. The van der Waals surface area contributed by atoms with Crippen molar-refractivity contribution in [3.8, 4) is 0 Å². The molecule has 4 heterocycles. The van der Waals surface area contributed by atoms with Gasteiger partial charge in [0.15, 0.2) is 5.58 Å². The summed E-state index contributed by atoms with van der Waals surface area (Å²) in [6, 6.07) is 11.5. The molecule has 4 aromatic rings. The smallest absolute Gasteiger partial charge is 0.298 e. The fourth-order valence-corrected chi connectivity index (χ4v) is 4.26. The Labute approximate surface area is 166 Å². The van der Waals surface area contributed by atoms with Crippen LogP contribution in [0.4, 0.5) is 16.1 Å². The van der Waals surface area contributed by atoms with Crippen molar-refractivity contribution in [2.24, 2.45) is 0 Å². The molecule has 29 heavy (non-hydrogen) atoms. The molecule has 148 valence electrons. The van der Waals surface area contributed by atoms with E-state index in [2.05, 4.69) is 21.9 Å². The van der Waals surface area contributed by atoms with Gasteiger partial charge in [0.1, 0.15) is 22.7 Å². The first-order chi connectivity index (χ1) is 14.2. The van der Waals surface area contributed by atoms with Crippen molar-refractivity contribution in [1.29, 1.82) is 0 Å². The summed E-state index contributed by atoms with van der Waals surface area (Å²) in [5.41, 5.74) is 4.53. The molecular weight excluding hydrogens is 373 g/mol. The highest BCUT2D eigenvalue weighted by Gasteiger charge is 2.24. The number of hydrogen-bond donors (Lipinski definition) is 0. The number of aromatic nitrogens is 1. The fraction of sp³-hybridized carbons (Fsp3) is 0.318. The molecule has 0 spiro atoms. The molecule has 0 amide bonds. The standard InChI is InChI=1S/C22H20FN3O3/c23-14-1-3-19-16(11-14)17-13-26(6-5-20(17)28-19)15-2-4-21-18(12-15)24-22(29-21)25-7-9-27-10-8-25/h1-4,11-12H,5-10,13H2. The number of fused-ring (bicyclic) bond motifs is 4. The summed E-state index contributed by atoms with van der Waals surface area (Å²) in [6.45, 7) is 4.50. The van der Waals surface area contributed by atoms with Crippen LogP contribution < -0.4 is 9.80 Å². The molecule has 0 saturated carbocycles. The third-order valence-corrected chi connectivity index (χ3v) is 5.80. The number of hydrogen-bond acceptors (Lipinski definition) is 6. The number of furan rings is 1. The van der Waals surface area contributed by atoms with Crippen LogP contribution >= 0.6 is 0 Å². The zero-order valence-corrected chi connectivity index (χ0v) is 15.9. The Morgan fingerprint density at radius 1 is 0.897 bits per heavy atom. The maximum Gasteiger partial charge on any atom is 0.298 e. The number of benzene rings is 2. The maximum absolute atomic E-state index is 13.7. The van der Waals surface area contributed by atoms with Gasteiger partial charge < -0.3 is 23.4 Å². The maximum atomic E-state index is 13.7. The molecule has 6 rings (SSSR count). The van der Waals surface area contributed by atoms with Gasteiger partial charge in [-0.05, 0) is 36.4 Å². The molecule has 2 aliphatic rings. The van der Waals surface area contributed by atoms with E-state index in [0.717, 1.165) is 65.1 Å². The van der Waals surface area contributed by atoms with Gasteiger partial charge in [0.25, 0.3) is 6.01 Å². The van der Waals surface area contributed by atoms with Crippen molar-refractivity contribution >= 4 is 33.8 Å². The van der Waals surface area contributed by atoms with Gasteiger partial charge in [-0.1, -0.05) is 0 Å². The van der Waals surface area contributed by atoms with Gasteiger partial charge in [0.05, 0.1) is 13.2 Å². The summed E-state index contributed by atoms with van der Waals surface area (Å²) in [4.78, 5) is 9.09. The van der Waals surface area contributed by atoms with Gasteiger partial charge >= 0.3 is 0 Å². The lowest BCUT2D eigenvalue weighted by molar-refractivity contribution is 0.120. The van der Waals surface area contributed by atoms with Gasteiger partial charge in [0, 0.05) is 49.2 Å². The Morgan fingerprint density at radius 2 is 1.76 bits per heavy atom. The van der Waals surface area contributed by atoms with Crippen molar-refractivity contribution in [2.75, 3.05) is 42.6 Å². The molecule has 2 aliphatic heterocycles. The minimum Gasteiger partial charge on any atom is -0.461 e. The van der Waals surface area contributed by atoms with Gasteiger partial charge in [-0.25, -0.2) is 4.39 Å². The van der Waals surface area contributed by atoms with Gasteiger partial charge in [0.2, 0.25) is 0 Å². The quantitative estimate of drug-likeness (QED) is 0.511. The van der Waals surface area contributed by atoms with Gasteiger partial charge in [-0.15, -0.1) is 0 Å². The highest BCUT2D eigenvalue weighted by molar-refractivity contribution is 5.84. The SMILES string of the molecule is Fc1ccc2oc3c(c2c1)CN(c1ccc2oc(N4CCOCC4)nc2c1)CC3. The van der Waals surface area contributed by atoms with Crippen LogP contribution in [0, 0.1) is 5.82 Å². The predicted octanol–water partition coefficient (Wildman–Crippen LogP) is 4.11. The molecule has 0 N–H and O–H groups in total. The number of rotatable bonds is 2. The number of morpholine rings is 1. The molecule has 0 unspecified atom stereocenters. The highest BCUT2D eigenvalue weighted by atomic mass is 19.1. The van der Waals surface area contributed by atoms with E-state index in [0.29, 0.717) is 25.8 Å². The zero-order chi connectivity index (χ0) is 19.4. The molecular formula is C22H20FN3O3. The summed E-state index contributed by atoms with van der Waals surface area (Å²) in [7, 11) is 0. The number of anilines is 2. The lowest BCUT2D eigenvalue weighted by atomic mass is 10.0. The number of oxazole rings is 1. The Hall–Kier alpha value is -3.06. The number of nitrogens with zero attached hydrogens (tertiary/aromatic N) is 3. The third kappa shape index (κ3) is 2.84. The topological polar surface area (TPSA) is 54.9 Å². The largest absolute Gasteiger partial charge is 0.461 e. The van der Waals surface area contributed by atoms with E-state index in [4.69, 9.17) is 18.6 Å². The minimum absolute atomic E-state index is 0.238. The van der Waals surface area contributed by atoms with E-state index in [1.807, 2.05) is 6.07 Å². The summed E-state index contributed by atoms with van der Waals surface area (Å²) in [5, 5.41) is 0.863. The third-order valence-electron chi connectivity index (χ3n) is 5.80. The second kappa shape index (κ2) is 6.49. The first kappa shape index (κ1) is 16.9. The molecule has 2 aromatic carbocycles. The Kier molecular flexibility index (Phi) is 3.77. The lowest BCUT2D eigenvalue weighted by Crippen LogP contribution is -2.36. The van der Waals surface area contributed by atoms with E-state index in [-0.39, 0.29) is 5.82 Å². The van der Waals surface area contributed by atoms with Crippen molar-refractivity contribution in [3.05, 3.63) is 53.5 Å². The monoisotopic (exact) mass is 393 g/mol. The molecule has 2 aromatic heterocycles. The molecule has 0 aliphatic carbocycles. The summed E-state index contributed by atoms with van der Waals surface area (Å²) >= 11 is 0. The van der Waals surface area contributed by atoms with Crippen molar-refractivity contribution in [2.45, 2.75) is 13.0 Å². The number of halogens is 1. The predicted molar refractivity (Wildman–Crippen MR) is 108 cm³/mol. The molecule has 0 radical (unpaired) electrons. The minimum atomic E-state index is -0.238. The van der Waals surface area contributed by atoms with Crippen LogP contribution in [-0.4, -0.2) is 37.8 Å². The normalized spacial score (nSPS) is 17.3. The fourth-order valence-electron chi connectivity index (χ4n) is 4.26. The van der Waals surface area contributed by atoms with E-state index in [1.54, 1.807) is 12.1 Å². The molecule has 6 nitrogen and oxygen atoms in total. The van der Waals surface area contributed by atoms with Crippen LogP contribution in [0.15, 0.2) is 45.2 Å². The van der Waals surface area contributed by atoms with Gasteiger partial charge in [-0.2, -0.15) is 4.98 Å². The van der Waals surface area contributed by atoms with Crippen LogP contribution in [-0.2, 0) is 17.7 Å². The Bertz CT molecular complexity index is 1210. The van der Waals surface area contributed by atoms with Crippen LogP contribution in [0.25, 0.3) is 22.1 Å². The second-order valence-electron chi connectivity index (χ2n) is 7.56. The van der Waals surface area contributed by atoms with Crippen LogP contribution in [0.1, 0.15) is 11.3 Å². The first-order valence-electron chi connectivity index (χ1n) is 9.93. The average molecular weight is 393 g/mol. The first-order valence-corrected chi connectivity index (χ1v) is 9.93. The second-order valence-corrected chi connectivity index (χ2v) is 7.56. The van der Waals surface area contributed by atoms with Crippen LogP contribution in [0.5, 0.6) is 0 Å². The molecule has 7 heteroatoms. The zero-order valence-electron chi connectivity index (χ0n) is 15.9. The van der Waals surface area contributed by atoms with Crippen molar-refractivity contribution < 1.29 is 18.0 Å². The molecule has 0 atom stereocenters. The highest BCUT2D eigenvalue weighted by Crippen LogP contribution is 2.34. The van der Waals surface area contributed by atoms with E-state index >= 15 is 0 Å². The molecule has 1 fully saturated rings. The lowest BCUT2D eigenvalue weighted by Gasteiger charge is -2.28. The molecule has 1 saturated heterocycles. The number of ether oxygens (including phenoxy) is 1. The summed E-state index contributed by atoms with van der Waals surface area (Å²) in [6.07, 6.45) is 0.793. The van der Waals surface area contributed by atoms with Gasteiger partial charge in [-0.3, -0.25) is 0 Å². The van der Waals surface area contributed by atoms with Crippen LogP contribution in [0.2, 0.25) is 0 Å². The summed E-state index contributed by atoms with van der Waals surface area (Å²) < 4.78 is 31.0. The van der Waals surface area contributed by atoms with Crippen molar-refractivity contribution in [3.63, 3.8) is 0 Å². The summed E-state index contributed by atoms with van der Waals surface area (Å²) in [5.74, 6) is 0.719. The molecule has 0 bridgehead atoms. The van der Waals surface area contributed by atoms with E-state index in [9.17, 15) is 4.39 Å². The average Bonchev–Trinajstić information content (AvgIpc) is 3.34.